The smallest absolute Gasteiger partial charge is 0.310 e. The molecule has 1 aliphatic heterocycles. The number of anilines is 1. The number of carbonyl (C=O) groups is 1. The van der Waals surface area contributed by atoms with Gasteiger partial charge in [-0.15, -0.1) is 0 Å². The first-order chi connectivity index (χ1) is 16.0. The van der Waals surface area contributed by atoms with E-state index in [1.165, 1.54) is 25.5 Å². The summed E-state index contributed by atoms with van der Waals surface area (Å²) in [6.07, 6.45) is 8.17. The van der Waals surface area contributed by atoms with Crippen LogP contribution in [-0.4, -0.2) is 47.8 Å². The lowest BCUT2D eigenvalue weighted by molar-refractivity contribution is -0.138. The molecule has 3 atom stereocenters. The largest absolute Gasteiger partial charge is 0.493 e. The summed E-state index contributed by atoms with van der Waals surface area (Å²) in [7, 11) is 1.66. The van der Waals surface area contributed by atoms with Crippen molar-refractivity contribution in [2.45, 2.75) is 45.1 Å². The molecule has 4 rings (SSSR count). The molecule has 8 heteroatoms. The first-order valence-corrected chi connectivity index (χ1v) is 11.7. The van der Waals surface area contributed by atoms with Crippen LogP contribution in [0.25, 0.3) is 0 Å². The SMILES string of the molecule is COCc1cnc(N2CCC([C@H]3C[C@H]3CCOc3ccc(C(C)C(=O)O)c(F)c3)CC2)nc1. The Labute approximate surface area is 193 Å². The maximum atomic E-state index is 14.2. The standard InChI is InChI=1S/C25H32FN3O4/c1-16(24(30)31)21-4-3-20(12-23(21)26)33-10-7-19-11-22(19)18-5-8-29(9-6-18)25-27-13-17(14-28-25)15-32-2/h3-4,12-14,16,18-19,22H,5-11,15H2,1-2H3,(H,30,31)/t16?,19-,22-/m1/s1. The van der Waals surface area contributed by atoms with Gasteiger partial charge < -0.3 is 19.5 Å². The fourth-order valence-electron chi connectivity index (χ4n) is 4.87. The van der Waals surface area contributed by atoms with Gasteiger partial charge in [-0.2, -0.15) is 0 Å². The van der Waals surface area contributed by atoms with Gasteiger partial charge in [0.2, 0.25) is 5.95 Å². The third-order valence-corrected chi connectivity index (χ3v) is 6.97. The summed E-state index contributed by atoms with van der Waals surface area (Å²) < 4.78 is 25.1. The molecular weight excluding hydrogens is 425 g/mol. The number of carboxylic acid groups (broad SMARTS) is 1. The Bertz CT molecular complexity index is 947. The van der Waals surface area contributed by atoms with Crippen LogP contribution in [0.15, 0.2) is 30.6 Å². The minimum Gasteiger partial charge on any atom is -0.493 e. The van der Waals surface area contributed by atoms with Crippen molar-refractivity contribution < 1.29 is 23.8 Å². The van der Waals surface area contributed by atoms with Gasteiger partial charge in [-0.1, -0.05) is 6.07 Å². The highest BCUT2D eigenvalue weighted by atomic mass is 19.1. The summed E-state index contributed by atoms with van der Waals surface area (Å²) in [5.74, 6) is 0.948. The highest BCUT2D eigenvalue weighted by Gasteiger charge is 2.43. The van der Waals surface area contributed by atoms with E-state index < -0.39 is 17.7 Å². The molecule has 2 aromatic rings. The molecule has 1 aromatic carbocycles. The number of nitrogens with zero attached hydrogens (tertiary/aromatic N) is 3. The first kappa shape index (κ1) is 23.4. The number of aromatic nitrogens is 2. The molecule has 1 saturated heterocycles. The van der Waals surface area contributed by atoms with E-state index in [0.29, 0.717) is 24.9 Å². The number of methoxy groups -OCH3 is 1. The van der Waals surface area contributed by atoms with Crippen molar-refractivity contribution in [2.75, 3.05) is 31.7 Å². The zero-order valence-corrected chi connectivity index (χ0v) is 19.2. The van der Waals surface area contributed by atoms with Crippen molar-refractivity contribution in [3.8, 4) is 5.75 Å². The fraction of sp³-hybridized carbons (Fsp3) is 0.560. The molecule has 33 heavy (non-hydrogen) atoms. The second-order valence-electron chi connectivity index (χ2n) is 9.19. The summed E-state index contributed by atoms with van der Waals surface area (Å²) in [5, 5.41) is 9.06. The van der Waals surface area contributed by atoms with E-state index in [0.717, 1.165) is 55.7 Å². The van der Waals surface area contributed by atoms with Crippen LogP contribution in [-0.2, 0) is 16.1 Å². The molecule has 1 aromatic heterocycles. The monoisotopic (exact) mass is 457 g/mol. The number of halogens is 1. The molecule has 2 heterocycles. The Morgan fingerprint density at radius 1 is 1.27 bits per heavy atom. The number of ether oxygens (including phenoxy) is 2. The molecule has 0 amide bonds. The number of benzene rings is 1. The van der Waals surface area contributed by atoms with Crippen LogP contribution in [0.5, 0.6) is 5.75 Å². The number of hydrogen-bond acceptors (Lipinski definition) is 6. The summed E-state index contributed by atoms with van der Waals surface area (Å²) in [6.45, 7) is 4.52. The maximum Gasteiger partial charge on any atom is 0.310 e. The lowest BCUT2D eigenvalue weighted by Crippen LogP contribution is -2.35. The molecule has 1 unspecified atom stereocenters. The van der Waals surface area contributed by atoms with Crippen LogP contribution in [0.1, 0.15) is 49.7 Å². The number of hydrogen-bond donors (Lipinski definition) is 1. The summed E-state index contributed by atoms with van der Waals surface area (Å²) in [6, 6.07) is 4.45. The summed E-state index contributed by atoms with van der Waals surface area (Å²) in [4.78, 5) is 22.3. The number of rotatable bonds is 10. The van der Waals surface area contributed by atoms with E-state index in [2.05, 4.69) is 14.9 Å². The molecule has 1 saturated carbocycles. The molecule has 0 bridgehead atoms. The van der Waals surface area contributed by atoms with E-state index in [1.807, 2.05) is 12.4 Å². The zero-order valence-electron chi connectivity index (χ0n) is 19.2. The average Bonchev–Trinajstić information content (AvgIpc) is 3.59. The Morgan fingerprint density at radius 3 is 2.64 bits per heavy atom. The molecule has 1 aliphatic carbocycles. The summed E-state index contributed by atoms with van der Waals surface area (Å²) >= 11 is 0. The lowest BCUT2D eigenvalue weighted by Gasteiger charge is -2.32. The van der Waals surface area contributed by atoms with E-state index in [-0.39, 0.29) is 5.56 Å². The molecule has 7 nitrogen and oxygen atoms in total. The highest BCUT2D eigenvalue weighted by molar-refractivity contribution is 5.75. The molecule has 0 spiro atoms. The highest BCUT2D eigenvalue weighted by Crippen LogP contribution is 2.49. The fourth-order valence-corrected chi connectivity index (χ4v) is 4.87. The van der Waals surface area contributed by atoms with Crippen molar-refractivity contribution in [1.29, 1.82) is 0 Å². The van der Waals surface area contributed by atoms with Crippen molar-refractivity contribution in [3.63, 3.8) is 0 Å². The Hall–Kier alpha value is -2.74. The molecule has 178 valence electrons. The topological polar surface area (TPSA) is 84.8 Å². The van der Waals surface area contributed by atoms with Gasteiger partial charge in [0, 0.05) is 49.8 Å². The maximum absolute atomic E-state index is 14.2. The van der Waals surface area contributed by atoms with Gasteiger partial charge in [0.05, 0.1) is 19.1 Å². The van der Waals surface area contributed by atoms with Crippen molar-refractivity contribution in [3.05, 3.63) is 47.5 Å². The Balaban J connectivity index is 1.18. The predicted molar refractivity (Wildman–Crippen MR) is 122 cm³/mol. The van der Waals surface area contributed by atoms with Gasteiger partial charge in [0.25, 0.3) is 0 Å². The Morgan fingerprint density at radius 2 is 2.00 bits per heavy atom. The predicted octanol–water partition coefficient (Wildman–Crippen LogP) is 4.27. The van der Waals surface area contributed by atoms with Crippen molar-refractivity contribution in [1.82, 2.24) is 9.97 Å². The third-order valence-electron chi connectivity index (χ3n) is 6.97. The average molecular weight is 458 g/mol. The van der Waals surface area contributed by atoms with E-state index in [9.17, 15) is 9.18 Å². The van der Waals surface area contributed by atoms with Crippen molar-refractivity contribution in [2.24, 2.45) is 17.8 Å². The minimum atomic E-state index is -1.04. The van der Waals surface area contributed by atoms with Gasteiger partial charge in [-0.25, -0.2) is 14.4 Å². The first-order valence-electron chi connectivity index (χ1n) is 11.7. The van der Waals surface area contributed by atoms with Crippen LogP contribution in [0.2, 0.25) is 0 Å². The third kappa shape index (κ3) is 5.79. The molecular formula is C25H32FN3O4. The lowest BCUT2D eigenvalue weighted by atomic mass is 9.90. The van der Waals surface area contributed by atoms with Gasteiger partial charge in [-0.3, -0.25) is 4.79 Å². The van der Waals surface area contributed by atoms with Gasteiger partial charge in [0.1, 0.15) is 11.6 Å². The molecule has 1 N–H and O–H groups in total. The number of piperidine rings is 1. The molecule has 0 radical (unpaired) electrons. The van der Waals surface area contributed by atoms with E-state index in [4.69, 9.17) is 14.6 Å². The van der Waals surface area contributed by atoms with E-state index in [1.54, 1.807) is 13.2 Å². The van der Waals surface area contributed by atoms with Gasteiger partial charge in [0.15, 0.2) is 0 Å². The van der Waals surface area contributed by atoms with Crippen LogP contribution >= 0.6 is 0 Å². The quantitative estimate of drug-likeness (QED) is 0.570. The molecule has 2 fully saturated rings. The summed E-state index contributed by atoms with van der Waals surface area (Å²) in [5.41, 5.74) is 1.16. The minimum absolute atomic E-state index is 0.180. The Kier molecular flexibility index (Phi) is 7.42. The zero-order chi connectivity index (χ0) is 23.4. The van der Waals surface area contributed by atoms with Crippen LogP contribution in [0, 0.1) is 23.6 Å². The number of aliphatic carboxylic acids is 1. The van der Waals surface area contributed by atoms with E-state index >= 15 is 0 Å². The van der Waals surface area contributed by atoms with Gasteiger partial charge >= 0.3 is 5.97 Å². The van der Waals surface area contributed by atoms with Crippen LogP contribution in [0.3, 0.4) is 0 Å². The second kappa shape index (κ2) is 10.5. The molecule has 2 aliphatic rings. The second-order valence-corrected chi connectivity index (χ2v) is 9.19. The normalized spacial score (nSPS) is 21.6. The number of carboxylic acids is 1. The van der Waals surface area contributed by atoms with Crippen LogP contribution in [0.4, 0.5) is 10.3 Å². The van der Waals surface area contributed by atoms with Crippen molar-refractivity contribution >= 4 is 11.9 Å². The van der Waals surface area contributed by atoms with Crippen LogP contribution < -0.4 is 9.64 Å². The van der Waals surface area contributed by atoms with Gasteiger partial charge in [-0.05, 0) is 56.4 Å².